The van der Waals surface area contributed by atoms with Crippen LogP contribution in [0.15, 0.2) is 36.4 Å². The van der Waals surface area contributed by atoms with Gasteiger partial charge in [-0.15, -0.1) is 0 Å². The summed E-state index contributed by atoms with van der Waals surface area (Å²) in [6.45, 7) is 7.00. The highest BCUT2D eigenvalue weighted by Crippen LogP contribution is 2.39. The van der Waals surface area contributed by atoms with E-state index >= 15 is 0 Å². The summed E-state index contributed by atoms with van der Waals surface area (Å²) >= 11 is 6.13. The molecule has 1 N–H and O–H groups in total. The SMILES string of the molecule is COc1ccc(NC(=O)C(C)N2C(=O)C(C)(C)Oc3ccc(C)cc32)cc1Cl. The van der Waals surface area contributed by atoms with Crippen LogP contribution in [0.2, 0.25) is 5.02 Å². The number of fused-ring (bicyclic) bond motifs is 1. The zero-order valence-corrected chi connectivity index (χ0v) is 17.3. The monoisotopic (exact) mass is 402 g/mol. The molecule has 28 heavy (non-hydrogen) atoms. The predicted molar refractivity (Wildman–Crippen MR) is 109 cm³/mol. The van der Waals surface area contributed by atoms with Crippen molar-refractivity contribution in [3.05, 3.63) is 47.0 Å². The van der Waals surface area contributed by atoms with Gasteiger partial charge in [-0.1, -0.05) is 17.7 Å². The van der Waals surface area contributed by atoms with E-state index < -0.39 is 11.6 Å². The summed E-state index contributed by atoms with van der Waals surface area (Å²) in [5.74, 6) is 0.477. The number of rotatable bonds is 4. The maximum atomic E-state index is 13.0. The molecule has 1 unspecified atom stereocenters. The average molecular weight is 403 g/mol. The number of ether oxygens (including phenoxy) is 2. The van der Waals surface area contributed by atoms with Gasteiger partial charge in [-0.05, 0) is 63.6 Å². The van der Waals surface area contributed by atoms with Gasteiger partial charge in [0, 0.05) is 5.69 Å². The van der Waals surface area contributed by atoms with Crippen molar-refractivity contribution in [2.75, 3.05) is 17.3 Å². The van der Waals surface area contributed by atoms with Gasteiger partial charge in [-0.25, -0.2) is 0 Å². The molecule has 2 amide bonds. The van der Waals surface area contributed by atoms with Gasteiger partial charge < -0.3 is 14.8 Å². The van der Waals surface area contributed by atoms with E-state index in [4.69, 9.17) is 21.1 Å². The highest BCUT2D eigenvalue weighted by molar-refractivity contribution is 6.32. The molecule has 2 aromatic carbocycles. The molecular formula is C21H23ClN2O4. The third-order valence-corrected chi connectivity index (χ3v) is 4.95. The minimum atomic E-state index is -1.07. The first-order chi connectivity index (χ1) is 13.1. The molecule has 1 aliphatic rings. The van der Waals surface area contributed by atoms with E-state index in [0.717, 1.165) is 5.56 Å². The number of aryl methyl sites for hydroxylation is 1. The van der Waals surface area contributed by atoms with Gasteiger partial charge in [-0.3, -0.25) is 14.5 Å². The Hall–Kier alpha value is -2.73. The molecule has 1 heterocycles. The van der Waals surface area contributed by atoms with E-state index in [0.29, 0.717) is 27.9 Å². The first-order valence-electron chi connectivity index (χ1n) is 8.92. The van der Waals surface area contributed by atoms with Crippen LogP contribution < -0.4 is 19.7 Å². The Balaban J connectivity index is 1.91. The zero-order chi connectivity index (χ0) is 20.6. The second-order valence-corrected chi connectivity index (χ2v) is 7.68. The van der Waals surface area contributed by atoms with Crippen molar-refractivity contribution in [2.45, 2.75) is 39.3 Å². The highest BCUT2D eigenvalue weighted by Gasteiger charge is 2.44. The van der Waals surface area contributed by atoms with E-state index in [-0.39, 0.29) is 11.8 Å². The van der Waals surface area contributed by atoms with Gasteiger partial charge in [-0.2, -0.15) is 0 Å². The Bertz CT molecular complexity index is 942. The van der Waals surface area contributed by atoms with Gasteiger partial charge >= 0.3 is 0 Å². The van der Waals surface area contributed by atoms with E-state index in [9.17, 15) is 9.59 Å². The van der Waals surface area contributed by atoms with Crippen molar-refractivity contribution < 1.29 is 19.1 Å². The highest BCUT2D eigenvalue weighted by atomic mass is 35.5. The molecule has 0 fully saturated rings. The number of carbonyl (C=O) groups is 2. The molecule has 0 aliphatic carbocycles. The van der Waals surface area contributed by atoms with Gasteiger partial charge in [0.15, 0.2) is 5.60 Å². The van der Waals surface area contributed by atoms with Gasteiger partial charge in [0.2, 0.25) is 5.91 Å². The molecule has 7 heteroatoms. The summed E-state index contributed by atoms with van der Waals surface area (Å²) in [6, 6.07) is 9.79. The number of amides is 2. The summed E-state index contributed by atoms with van der Waals surface area (Å²) in [6.07, 6.45) is 0. The van der Waals surface area contributed by atoms with Crippen LogP contribution in [0, 0.1) is 6.92 Å². The molecule has 6 nitrogen and oxygen atoms in total. The van der Waals surface area contributed by atoms with Crippen molar-refractivity contribution >= 4 is 34.8 Å². The molecule has 0 radical (unpaired) electrons. The van der Waals surface area contributed by atoms with E-state index in [1.165, 1.54) is 12.0 Å². The number of nitrogens with one attached hydrogen (secondary N) is 1. The van der Waals surface area contributed by atoms with Crippen molar-refractivity contribution in [2.24, 2.45) is 0 Å². The normalized spacial score (nSPS) is 16.1. The standard InChI is InChI=1S/C21H23ClN2O4/c1-12-6-8-18-16(10-12)24(20(26)21(3,4)28-18)13(2)19(25)23-14-7-9-17(27-5)15(22)11-14/h6-11,13H,1-5H3,(H,23,25). The van der Waals surface area contributed by atoms with Crippen molar-refractivity contribution in [3.63, 3.8) is 0 Å². The zero-order valence-electron chi connectivity index (χ0n) is 16.5. The first-order valence-corrected chi connectivity index (χ1v) is 9.29. The molecule has 0 spiro atoms. The third kappa shape index (κ3) is 3.64. The maximum absolute atomic E-state index is 13.0. The van der Waals surface area contributed by atoms with Crippen LogP contribution in [0.4, 0.5) is 11.4 Å². The molecule has 0 aromatic heterocycles. The quantitative estimate of drug-likeness (QED) is 0.832. The topological polar surface area (TPSA) is 67.9 Å². The second kappa shape index (κ2) is 7.36. The summed E-state index contributed by atoms with van der Waals surface area (Å²) in [5.41, 5.74) is 1.00. The van der Waals surface area contributed by atoms with Crippen LogP contribution in [0.5, 0.6) is 11.5 Å². The smallest absolute Gasteiger partial charge is 0.271 e. The van der Waals surface area contributed by atoms with Crippen molar-refractivity contribution in [3.8, 4) is 11.5 Å². The predicted octanol–water partition coefficient (Wildman–Crippen LogP) is 4.19. The fraction of sp³-hybridized carbons (Fsp3) is 0.333. The number of carbonyl (C=O) groups excluding carboxylic acids is 2. The number of methoxy groups -OCH3 is 1. The third-order valence-electron chi connectivity index (χ3n) is 4.66. The fourth-order valence-electron chi connectivity index (χ4n) is 3.11. The number of benzene rings is 2. The Morgan fingerprint density at radius 1 is 1.25 bits per heavy atom. The number of nitrogens with zero attached hydrogens (tertiary/aromatic N) is 1. The van der Waals surface area contributed by atoms with Crippen LogP contribution in [0.1, 0.15) is 26.3 Å². The fourth-order valence-corrected chi connectivity index (χ4v) is 3.37. The molecule has 1 atom stereocenters. The Morgan fingerprint density at radius 2 is 1.96 bits per heavy atom. The largest absolute Gasteiger partial charge is 0.495 e. The van der Waals surface area contributed by atoms with Crippen LogP contribution in [-0.2, 0) is 9.59 Å². The van der Waals surface area contributed by atoms with Gasteiger partial charge in [0.05, 0.1) is 17.8 Å². The van der Waals surface area contributed by atoms with Crippen LogP contribution >= 0.6 is 11.6 Å². The summed E-state index contributed by atoms with van der Waals surface area (Å²) in [5, 5.41) is 3.20. The first kappa shape index (κ1) is 20.0. The van der Waals surface area contributed by atoms with Gasteiger partial charge in [0.25, 0.3) is 5.91 Å². The lowest BCUT2D eigenvalue weighted by molar-refractivity contribution is -0.134. The summed E-state index contributed by atoms with van der Waals surface area (Å²) in [4.78, 5) is 27.4. The summed E-state index contributed by atoms with van der Waals surface area (Å²) < 4.78 is 11.0. The number of anilines is 2. The molecular weight excluding hydrogens is 380 g/mol. The van der Waals surface area contributed by atoms with Crippen LogP contribution in [-0.4, -0.2) is 30.6 Å². The Kier molecular flexibility index (Phi) is 5.26. The van der Waals surface area contributed by atoms with Gasteiger partial charge in [0.1, 0.15) is 17.5 Å². The Morgan fingerprint density at radius 3 is 2.61 bits per heavy atom. The molecule has 2 aromatic rings. The minimum Gasteiger partial charge on any atom is -0.495 e. The van der Waals surface area contributed by atoms with E-state index in [1.807, 2.05) is 25.1 Å². The van der Waals surface area contributed by atoms with Crippen LogP contribution in [0.3, 0.4) is 0 Å². The minimum absolute atomic E-state index is 0.277. The second-order valence-electron chi connectivity index (χ2n) is 7.27. The molecule has 0 bridgehead atoms. The van der Waals surface area contributed by atoms with E-state index in [1.54, 1.807) is 39.0 Å². The lowest BCUT2D eigenvalue weighted by Gasteiger charge is -2.41. The number of hydrogen-bond donors (Lipinski definition) is 1. The molecule has 148 valence electrons. The average Bonchev–Trinajstić information content (AvgIpc) is 2.63. The molecule has 1 aliphatic heterocycles. The Labute approximate surface area is 169 Å². The molecule has 3 rings (SSSR count). The van der Waals surface area contributed by atoms with Crippen molar-refractivity contribution in [1.29, 1.82) is 0 Å². The molecule has 0 saturated carbocycles. The van der Waals surface area contributed by atoms with E-state index in [2.05, 4.69) is 5.32 Å². The van der Waals surface area contributed by atoms with Crippen molar-refractivity contribution in [1.82, 2.24) is 0 Å². The number of hydrogen-bond acceptors (Lipinski definition) is 4. The van der Waals surface area contributed by atoms with Crippen LogP contribution in [0.25, 0.3) is 0 Å². The summed E-state index contributed by atoms with van der Waals surface area (Å²) in [7, 11) is 1.52. The lowest BCUT2D eigenvalue weighted by atomic mass is 10.0. The lowest BCUT2D eigenvalue weighted by Crippen LogP contribution is -2.57. The molecule has 0 saturated heterocycles. The maximum Gasteiger partial charge on any atom is 0.271 e. The number of halogens is 1.